The predicted molar refractivity (Wildman–Crippen MR) is 107 cm³/mol. The van der Waals surface area contributed by atoms with Crippen LogP contribution >= 0.6 is 11.6 Å². The quantitative estimate of drug-likeness (QED) is 0.746. The van der Waals surface area contributed by atoms with E-state index in [2.05, 4.69) is 0 Å². The third-order valence-electron chi connectivity index (χ3n) is 4.84. The second-order valence-corrected chi connectivity index (χ2v) is 7.23. The second-order valence-electron chi connectivity index (χ2n) is 6.79. The van der Waals surface area contributed by atoms with E-state index >= 15 is 0 Å². The van der Waals surface area contributed by atoms with Crippen LogP contribution in [0.1, 0.15) is 15.9 Å². The first-order valence-electron chi connectivity index (χ1n) is 9.09. The minimum absolute atomic E-state index is 0.163. The molecule has 0 spiro atoms. The molecule has 0 unspecified atom stereocenters. The van der Waals surface area contributed by atoms with Gasteiger partial charge < -0.3 is 19.3 Å². The molecule has 0 bridgehead atoms. The Morgan fingerprint density at radius 3 is 2.55 bits per heavy atom. The Balaban J connectivity index is 1.78. The monoisotopic (exact) mass is 420 g/mol. The number of halogens is 2. The predicted octanol–water partition coefficient (Wildman–Crippen LogP) is 2.99. The molecule has 2 aromatic rings. The van der Waals surface area contributed by atoms with Crippen LogP contribution in [-0.2, 0) is 16.1 Å². The van der Waals surface area contributed by atoms with Gasteiger partial charge in [-0.25, -0.2) is 4.39 Å². The van der Waals surface area contributed by atoms with Gasteiger partial charge in [-0.15, -0.1) is 0 Å². The molecular weight excluding hydrogens is 399 g/mol. The number of carbonyl (C=O) groups excluding carboxylic acids is 2. The van der Waals surface area contributed by atoms with E-state index in [0.717, 1.165) is 17.4 Å². The largest absolute Gasteiger partial charge is 0.497 e. The van der Waals surface area contributed by atoms with Gasteiger partial charge in [0.25, 0.3) is 5.91 Å². The topological polar surface area (TPSA) is 59.1 Å². The van der Waals surface area contributed by atoms with Crippen molar-refractivity contribution in [2.45, 2.75) is 12.6 Å². The van der Waals surface area contributed by atoms with E-state index in [-0.39, 0.29) is 29.6 Å². The molecule has 2 aromatic carbocycles. The summed E-state index contributed by atoms with van der Waals surface area (Å²) < 4.78 is 24.8. The maximum absolute atomic E-state index is 14.1. The zero-order valence-electron chi connectivity index (χ0n) is 16.2. The summed E-state index contributed by atoms with van der Waals surface area (Å²) in [6.07, 6.45) is -0.397. The van der Waals surface area contributed by atoms with Crippen molar-refractivity contribution in [3.63, 3.8) is 0 Å². The van der Waals surface area contributed by atoms with E-state index in [0.29, 0.717) is 13.1 Å². The minimum atomic E-state index is -0.680. The van der Waals surface area contributed by atoms with Crippen molar-refractivity contribution in [1.82, 2.24) is 9.80 Å². The number of amides is 2. The number of nitrogens with zero attached hydrogens (tertiary/aromatic N) is 2. The number of ether oxygens (including phenoxy) is 2. The van der Waals surface area contributed by atoms with E-state index < -0.39 is 17.8 Å². The molecule has 1 saturated heterocycles. The van der Waals surface area contributed by atoms with Gasteiger partial charge in [0, 0.05) is 31.8 Å². The first-order chi connectivity index (χ1) is 13.9. The fourth-order valence-electron chi connectivity index (χ4n) is 3.22. The Bertz CT molecular complexity index is 891. The number of methoxy groups -OCH3 is 2. The Morgan fingerprint density at radius 1 is 1.17 bits per heavy atom. The van der Waals surface area contributed by atoms with Crippen molar-refractivity contribution in [3.05, 3.63) is 64.4 Å². The highest BCUT2D eigenvalue weighted by molar-refractivity contribution is 6.31. The molecule has 8 heteroatoms. The highest BCUT2D eigenvalue weighted by Gasteiger charge is 2.31. The summed E-state index contributed by atoms with van der Waals surface area (Å²) in [4.78, 5) is 28.6. The van der Waals surface area contributed by atoms with Crippen LogP contribution in [-0.4, -0.2) is 61.6 Å². The van der Waals surface area contributed by atoms with E-state index in [1.807, 2.05) is 24.3 Å². The van der Waals surface area contributed by atoms with Crippen LogP contribution in [0.4, 0.5) is 4.39 Å². The minimum Gasteiger partial charge on any atom is -0.497 e. The lowest BCUT2D eigenvalue weighted by Gasteiger charge is -2.23. The van der Waals surface area contributed by atoms with Gasteiger partial charge in [0.1, 0.15) is 18.1 Å². The Kier molecular flexibility index (Phi) is 6.71. The fraction of sp³-hybridized carbons (Fsp3) is 0.333. The molecule has 0 saturated carbocycles. The van der Waals surface area contributed by atoms with E-state index in [4.69, 9.17) is 21.1 Å². The summed E-state index contributed by atoms with van der Waals surface area (Å²) in [5.41, 5.74) is 0.762. The third kappa shape index (κ3) is 5.05. The standard InChI is InChI=1S/C21H22ClFN2O4/c1-28-16-6-3-14(4-7-16)10-24-11-17(29-2)12-25(13-20(24)26)21(27)18-9-15(22)5-8-19(18)23/h3-9,17H,10-13H2,1-2H3/t17-/m1/s1. The van der Waals surface area contributed by atoms with Crippen molar-refractivity contribution in [1.29, 1.82) is 0 Å². The number of benzene rings is 2. The van der Waals surface area contributed by atoms with Crippen molar-refractivity contribution < 1.29 is 23.5 Å². The highest BCUT2D eigenvalue weighted by atomic mass is 35.5. The molecule has 1 aliphatic rings. The fourth-order valence-corrected chi connectivity index (χ4v) is 3.39. The lowest BCUT2D eigenvalue weighted by Crippen LogP contribution is -2.40. The molecule has 3 rings (SSSR count). The molecule has 0 aliphatic carbocycles. The van der Waals surface area contributed by atoms with Gasteiger partial charge in [-0.05, 0) is 35.9 Å². The van der Waals surface area contributed by atoms with Crippen LogP contribution in [0.25, 0.3) is 0 Å². The summed E-state index contributed by atoms with van der Waals surface area (Å²) in [5, 5.41) is 0.250. The van der Waals surface area contributed by atoms with Crippen LogP contribution in [0.3, 0.4) is 0 Å². The van der Waals surface area contributed by atoms with Crippen molar-refractivity contribution in [2.24, 2.45) is 0 Å². The average molecular weight is 421 g/mol. The molecule has 0 radical (unpaired) electrons. The molecule has 0 aromatic heterocycles. The SMILES string of the molecule is COc1ccc(CN2C[C@@H](OC)CN(C(=O)c3cc(Cl)ccc3F)CC2=O)cc1. The molecular formula is C21H22ClFN2O4. The smallest absolute Gasteiger partial charge is 0.257 e. The van der Waals surface area contributed by atoms with Gasteiger partial charge in [-0.1, -0.05) is 23.7 Å². The molecule has 6 nitrogen and oxygen atoms in total. The number of rotatable bonds is 5. The Morgan fingerprint density at radius 2 is 1.90 bits per heavy atom. The molecule has 1 aliphatic heterocycles. The molecule has 2 amide bonds. The lowest BCUT2D eigenvalue weighted by atomic mass is 10.1. The van der Waals surface area contributed by atoms with Crippen LogP contribution in [0.15, 0.2) is 42.5 Å². The van der Waals surface area contributed by atoms with Gasteiger partial charge in [-0.3, -0.25) is 9.59 Å². The van der Waals surface area contributed by atoms with Gasteiger partial charge in [0.05, 0.1) is 18.8 Å². The summed E-state index contributed by atoms with van der Waals surface area (Å²) in [7, 11) is 3.11. The Hall–Kier alpha value is -2.64. The van der Waals surface area contributed by atoms with Crippen LogP contribution in [0.2, 0.25) is 5.02 Å². The maximum atomic E-state index is 14.1. The summed E-state index contributed by atoms with van der Waals surface area (Å²) in [6, 6.07) is 11.2. The first-order valence-corrected chi connectivity index (χ1v) is 9.47. The highest BCUT2D eigenvalue weighted by Crippen LogP contribution is 2.20. The zero-order valence-corrected chi connectivity index (χ0v) is 17.0. The van der Waals surface area contributed by atoms with E-state index in [1.165, 1.54) is 24.1 Å². The molecule has 154 valence electrons. The summed E-state index contributed by atoms with van der Waals surface area (Å²) in [6.45, 7) is 0.701. The maximum Gasteiger partial charge on any atom is 0.257 e. The molecule has 1 atom stereocenters. The molecule has 1 fully saturated rings. The van der Waals surface area contributed by atoms with Gasteiger partial charge >= 0.3 is 0 Å². The second kappa shape index (κ2) is 9.24. The van der Waals surface area contributed by atoms with Crippen LogP contribution < -0.4 is 4.74 Å². The van der Waals surface area contributed by atoms with E-state index in [1.54, 1.807) is 12.0 Å². The van der Waals surface area contributed by atoms with Crippen molar-refractivity contribution >= 4 is 23.4 Å². The third-order valence-corrected chi connectivity index (χ3v) is 5.07. The zero-order chi connectivity index (χ0) is 21.0. The van der Waals surface area contributed by atoms with Crippen LogP contribution in [0.5, 0.6) is 5.75 Å². The number of hydrogen-bond acceptors (Lipinski definition) is 4. The molecule has 0 N–H and O–H groups in total. The number of carbonyl (C=O) groups is 2. The summed E-state index contributed by atoms with van der Waals surface area (Å²) in [5.74, 6) is -0.783. The first kappa shape index (κ1) is 21.1. The van der Waals surface area contributed by atoms with Gasteiger partial charge in [0.15, 0.2) is 0 Å². The summed E-state index contributed by atoms with van der Waals surface area (Å²) >= 11 is 5.91. The van der Waals surface area contributed by atoms with E-state index in [9.17, 15) is 14.0 Å². The lowest BCUT2D eigenvalue weighted by molar-refractivity contribution is -0.132. The normalized spacial score (nSPS) is 17.2. The molecule has 1 heterocycles. The Labute approximate surface area is 173 Å². The van der Waals surface area contributed by atoms with Gasteiger partial charge in [0.2, 0.25) is 5.91 Å². The van der Waals surface area contributed by atoms with Crippen LogP contribution in [0, 0.1) is 5.82 Å². The van der Waals surface area contributed by atoms with Gasteiger partial charge in [-0.2, -0.15) is 0 Å². The van der Waals surface area contributed by atoms with Crippen molar-refractivity contribution in [3.8, 4) is 5.75 Å². The van der Waals surface area contributed by atoms with Crippen molar-refractivity contribution in [2.75, 3.05) is 33.9 Å². The average Bonchev–Trinajstić information content (AvgIpc) is 2.88. The number of hydrogen-bond donors (Lipinski definition) is 0. The molecule has 29 heavy (non-hydrogen) atoms.